The lowest BCUT2D eigenvalue weighted by Crippen LogP contribution is -1.93. The van der Waals surface area contributed by atoms with Crippen molar-refractivity contribution in [2.45, 2.75) is 0 Å². The van der Waals surface area contributed by atoms with E-state index in [-0.39, 0.29) is 0 Å². The van der Waals surface area contributed by atoms with Crippen molar-refractivity contribution in [2.75, 3.05) is 5.32 Å². The summed E-state index contributed by atoms with van der Waals surface area (Å²) in [6, 6.07) is 3.86. The first-order valence-electron chi connectivity index (χ1n) is 4.52. The molecule has 0 saturated carbocycles. The van der Waals surface area contributed by atoms with E-state index in [2.05, 4.69) is 15.3 Å². The molecular formula is C10H6ClN3S2. The zero-order valence-corrected chi connectivity index (χ0v) is 10.4. The van der Waals surface area contributed by atoms with Gasteiger partial charge in [-0.15, -0.1) is 22.7 Å². The van der Waals surface area contributed by atoms with E-state index in [9.17, 15) is 0 Å². The molecule has 0 unspecified atom stereocenters. The fourth-order valence-electron chi connectivity index (χ4n) is 1.31. The van der Waals surface area contributed by atoms with Gasteiger partial charge in [-0.1, -0.05) is 11.6 Å². The summed E-state index contributed by atoms with van der Waals surface area (Å²) in [5.74, 6) is 0.605. The molecule has 0 atom stereocenters. The highest BCUT2D eigenvalue weighted by molar-refractivity contribution is 7.16. The Labute approximate surface area is 105 Å². The Balaban J connectivity index is 1.94. The van der Waals surface area contributed by atoms with Crippen molar-refractivity contribution in [3.63, 3.8) is 0 Å². The monoisotopic (exact) mass is 267 g/mol. The van der Waals surface area contributed by atoms with E-state index in [1.54, 1.807) is 11.3 Å². The largest absolute Gasteiger partial charge is 0.316 e. The molecule has 0 fully saturated rings. The van der Waals surface area contributed by atoms with Crippen molar-refractivity contribution in [3.05, 3.63) is 34.1 Å². The number of fused-ring (bicyclic) bond motifs is 1. The van der Waals surface area contributed by atoms with Gasteiger partial charge in [0.05, 0.1) is 10.0 Å². The molecule has 3 aromatic heterocycles. The maximum absolute atomic E-state index is 5.84. The summed E-state index contributed by atoms with van der Waals surface area (Å²) in [6.07, 6.45) is 1.82. The third-order valence-corrected chi connectivity index (χ3v) is 4.03. The van der Waals surface area contributed by atoms with Gasteiger partial charge in [0.1, 0.15) is 4.83 Å². The lowest BCUT2D eigenvalue weighted by atomic mass is 10.4. The number of anilines is 2. The lowest BCUT2D eigenvalue weighted by molar-refractivity contribution is 1.23. The smallest absolute Gasteiger partial charge is 0.229 e. The van der Waals surface area contributed by atoms with Crippen LogP contribution in [0.5, 0.6) is 0 Å². The van der Waals surface area contributed by atoms with Crippen LogP contribution in [0.15, 0.2) is 29.1 Å². The van der Waals surface area contributed by atoms with Crippen molar-refractivity contribution in [1.29, 1.82) is 0 Å². The van der Waals surface area contributed by atoms with Gasteiger partial charge >= 0.3 is 0 Å². The number of thiophene rings is 2. The summed E-state index contributed by atoms with van der Waals surface area (Å²) in [6.45, 7) is 0. The first kappa shape index (κ1) is 10.0. The minimum Gasteiger partial charge on any atom is -0.316 e. The van der Waals surface area contributed by atoms with Gasteiger partial charge in [0, 0.05) is 17.0 Å². The molecule has 0 radical (unpaired) electrons. The van der Waals surface area contributed by atoms with Crippen molar-refractivity contribution in [2.24, 2.45) is 0 Å². The lowest BCUT2D eigenvalue weighted by Gasteiger charge is -2.00. The van der Waals surface area contributed by atoms with E-state index in [1.165, 1.54) is 11.3 Å². The molecule has 0 bridgehead atoms. The van der Waals surface area contributed by atoms with Crippen LogP contribution >= 0.6 is 34.3 Å². The molecule has 3 heterocycles. The number of nitrogens with one attached hydrogen (secondary N) is 1. The SMILES string of the molecule is Clc1csc(Nc2ncc3ccsc3n2)c1. The van der Waals surface area contributed by atoms with Gasteiger partial charge in [-0.05, 0) is 17.5 Å². The Bertz CT molecular complexity index is 632. The van der Waals surface area contributed by atoms with E-state index in [1.807, 2.05) is 29.1 Å². The zero-order valence-electron chi connectivity index (χ0n) is 7.98. The Morgan fingerprint density at radius 3 is 3.06 bits per heavy atom. The van der Waals surface area contributed by atoms with E-state index in [0.29, 0.717) is 5.95 Å². The molecule has 0 saturated heterocycles. The minimum absolute atomic E-state index is 0.605. The van der Waals surface area contributed by atoms with Crippen molar-refractivity contribution >= 4 is 55.4 Å². The summed E-state index contributed by atoms with van der Waals surface area (Å²) >= 11 is 8.97. The van der Waals surface area contributed by atoms with Crippen LogP contribution in [-0.2, 0) is 0 Å². The fourth-order valence-corrected chi connectivity index (χ4v) is 3.00. The van der Waals surface area contributed by atoms with E-state index >= 15 is 0 Å². The average molecular weight is 268 g/mol. The summed E-state index contributed by atoms with van der Waals surface area (Å²) in [5, 5.41) is 9.74. The van der Waals surface area contributed by atoms with Crippen molar-refractivity contribution in [1.82, 2.24) is 9.97 Å². The summed E-state index contributed by atoms with van der Waals surface area (Å²) in [7, 11) is 0. The van der Waals surface area contributed by atoms with Crippen LogP contribution in [0.4, 0.5) is 10.9 Å². The van der Waals surface area contributed by atoms with Gasteiger partial charge in [-0.25, -0.2) is 9.97 Å². The molecule has 0 aliphatic heterocycles. The van der Waals surface area contributed by atoms with E-state index < -0.39 is 0 Å². The second kappa shape index (κ2) is 4.01. The van der Waals surface area contributed by atoms with Gasteiger partial charge in [-0.2, -0.15) is 0 Å². The number of hydrogen-bond donors (Lipinski definition) is 1. The highest BCUT2D eigenvalue weighted by Gasteiger charge is 2.03. The topological polar surface area (TPSA) is 37.8 Å². The standard InChI is InChI=1S/C10H6ClN3S2/c11-7-3-8(16-5-7)13-10-12-4-6-1-2-15-9(6)14-10/h1-5H,(H,12,13,14). The first-order valence-corrected chi connectivity index (χ1v) is 6.66. The quantitative estimate of drug-likeness (QED) is 0.758. The number of halogens is 1. The molecule has 0 aliphatic rings. The summed E-state index contributed by atoms with van der Waals surface area (Å²) < 4.78 is 0. The summed E-state index contributed by atoms with van der Waals surface area (Å²) in [4.78, 5) is 9.62. The Hall–Kier alpha value is -1.17. The molecule has 3 aromatic rings. The molecule has 80 valence electrons. The highest BCUT2D eigenvalue weighted by Crippen LogP contribution is 2.27. The van der Waals surface area contributed by atoms with Gasteiger partial charge in [0.15, 0.2) is 0 Å². The Morgan fingerprint density at radius 2 is 2.25 bits per heavy atom. The molecule has 16 heavy (non-hydrogen) atoms. The van der Waals surface area contributed by atoms with Crippen LogP contribution in [-0.4, -0.2) is 9.97 Å². The molecule has 0 aliphatic carbocycles. The third kappa shape index (κ3) is 1.89. The van der Waals surface area contributed by atoms with Crippen LogP contribution in [0.25, 0.3) is 10.2 Å². The summed E-state index contributed by atoms with van der Waals surface area (Å²) in [5.41, 5.74) is 0. The molecule has 0 amide bonds. The van der Waals surface area contributed by atoms with Crippen molar-refractivity contribution < 1.29 is 0 Å². The second-order valence-electron chi connectivity index (χ2n) is 3.13. The number of rotatable bonds is 2. The van der Waals surface area contributed by atoms with Gasteiger partial charge in [0.2, 0.25) is 5.95 Å². The van der Waals surface area contributed by atoms with Crippen molar-refractivity contribution in [3.8, 4) is 0 Å². The molecule has 0 aromatic carbocycles. The van der Waals surface area contributed by atoms with Crippen LogP contribution < -0.4 is 5.32 Å². The molecule has 6 heteroatoms. The molecule has 3 rings (SSSR count). The fraction of sp³-hybridized carbons (Fsp3) is 0. The van der Waals surface area contributed by atoms with Crippen LogP contribution in [0, 0.1) is 0 Å². The third-order valence-electron chi connectivity index (χ3n) is 2.01. The second-order valence-corrected chi connectivity index (χ2v) is 5.37. The van der Waals surface area contributed by atoms with Gasteiger partial charge in [0.25, 0.3) is 0 Å². The predicted molar refractivity (Wildman–Crippen MR) is 70.0 cm³/mol. The molecule has 0 spiro atoms. The van der Waals surface area contributed by atoms with Crippen LogP contribution in [0.1, 0.15) is 0 Å². The number of hydrogen-bond acceptors (Lipinski definition) is 5. The molecular weight excluding hydrogens is 262 g/mol. The van der Waals surface area contributed by atoms with E-state index in [0.717, 1.165) is 20.2 Å². The maximum atomic E-state index is 5.84. The van der Waals surface area contributed by atoms with Crippen LogP contribution in [0.3, 0.4) is 0 Å². The predicted octanol–water partition coefficient (Wildman–Crippen LogP) is 4.15. The Morgan fingerprint density at radius 1 is 1.31 bits per heavy atom. The molecule has 1 N–H and O–H groups in total. The van der Waals surface area contributed by atoms with Gasteiger partial charge < -0.3 is 5.32 Å². The van der Waals surface area contributed by atoms with Gasteiger partial charge in [-0.3, -0.25) is 0 Å². The number of nitrogens with zero attached hydrogens (tertiary/aromatic N) is 2. The molecule has 3 nitrogen and oxygen atoms in total. The minimum atomic E-state index is 0.605. The normalized spacial score (nSPS) is 10.8. The van der Waals surface area contributed by atoms with Crippen LogP contribution in [0.2, 0.25) is 5.02 Å². The highest BCUT2D eigenvalue weighted by atomic mass is 35.5. The maximum Gasteiger partial charge on any atom is 0.229 e. The zero-order chi connectivity index (χ0) is 11.0. The average Bonchev–Trinajstić information content (AvgIpc) is 2.87. The Kier molecular flexibility index (Phi) is 2.51. The first-order chi connectivity index (χ1) is 7.81. The van der Waals surface area contributed by atoms with E-state index in [4.69, 9.17) is 11.6 Å². The number of aromatic nitrogens is 2.